The van der Waals surface area contributed by atoms with Crippen molar-refractivity contribution in [3.63, 3.8) is 0 Å². The van der Waals surface area contributed by atoms with Gasteiger partial charge in [0.25, 0.3) is 0 Å². The van der Waals surface area contributed by atoms with Crippen molar-refractivity contribution in [3.8, 4) is 0 Å². The molecule has 5 heteroatoms. The Hall–Kier alpha value is -1.07. The van der Waals surface area contributed by atoms with Gasteiger partial charge in [0.2, 0.25) is 0 Å². The van der Waals surface area contributed by atoms with Gasteiger partial charge < -0.3 is 5.73 Å². The normalized spacial score (nSPS) is 25.4. The minimum atomic E-state index is -1.15. The molecule has 0 amide bonds. The predicted octanol–water partition coefficient (Wildman–Crippen LogP) is 2.27. The van der Waals surface area contributed by atoms with Crippen molar-refractivity contribution in [1.82, 2.24) is 4.90 Å². The van der Waals surface area contributed by atoms with Crippen molar-refractivity contribution < 1.29 is 13.2 Å². The average molecular weight is 258 g/mol. The Bertz CT molecular complexity index is 426. The lowest BCUT2D eigenvalue weighted by Crippen LogP contribution is -2.45. The van der Waals surface area contributed by atoms with Gasteiger partial charge in [-0.2, -0.15) is 0 Å². The third-order valence-corrected chi connectivity index (χ3v) is 3.25. The SMILES string of the molecule is CC1CC(N)CN(Cc2cc(F)c(F)cc2F)C1. The lowest BCUT2D eigenvalue weighted by atomic mass is 9.96. The standard InChI is InChI=1S/C13H17F3N2/c1-8-2-10(17)7-18(5-8)6-9-3-12(15)13(16)4-11(9)14/h3-4,8,10H,2,5-7,17H2,1H3. The predicted molar refractivity (Wildman–Crippen MR) is 63.3 cm³/mol. The quantitative estimate of drug-likeness (QED) is 0.825. The summed E-state index contributed by atoms with van der Waals surface area (Å²) < 4.78 is 39.4. The molecule has 1 saturated heterocycles. The second-order valence-corrected chi connectivity index (χ2v) is 5.15. The summed E-state index contributed by atoms with van der Waals surface area (Å²) in [4.78, 5) is 1.98. The molecule has 0 spiro atoms. The second kappa shape index (κ2) is 5.28. The van der Waals surface area contributed by atoms with Gasteiger partial charge in [0.15, 0.2) is 11.6 Å². The van der Waals surface area contributed by atoms with Crippen LogP contribution in [0, 0.1) is 23.4 Å². The summed E-state index contributed by atoms with van der Waals surface area (Å²) in [7, 11) is 0. The van der Waals surface area contributed by atoms with Gasteiger partial charge >= 0.3 is 0 Å². The first-order valence-electron chi connectivity index (χ1n) is 6.07. The summed E-state index contributed by atoms with van der Waals surface area (Å²) in [5.74, 6) is -2.44. The van der Waals surface area contributed by atoms with Crippen LogP contribution < -0.4 is 5.73 Å². The van der Waals surface area contributed by atoms with Crippen LogP contribution in [0.5, 0.6) is 0 Å². The van der Waals surface area contributed by atoms with Crippen LogP contribution >= 0.6 is 0 Å². The maximum atomic E-state index is 13.5. The molecule has 0 bridgehead atoms. The van der Waals surface area contributed by atoms with Crippen LogP contribution in [0.15, 0.2) is 12.1 Å². The largest absolute Gasteiger partial charge is 0.327 e. The molecule has 0 radical (unpaired) electrons. The van der Waals surface area contributed by atoms with Gasteiger partial charge in [-0.3, -0.25) is 4.90 Å². The lowest BCUT2D eigenvalue weighted by molar-refractivity contribution is 0.156. The Balaban J connectivity index is 2.11. The second-order valence-electron chi connectivity index (χ2n) is 5.15. The molecule has 1 heterocycles. The molecule has 1 aliphatic rings. The third kappa shape index (κ3) is 3.03. The van der Waals surface area contributed by atoms with Crippen molar-refractivity contribution in [2.75, 3.05) is 13.1 Å². The summed E-state index contributed by atoms with van der Waals surface area (Å²) in [6, 6.07) is 1.58. The Morgan fingerprint density at radius 2 is 1.83 bits per heavy atom. The van der Waals surface area contributed by atoms with Gasteiger partial charge in [-0.1, -0.05) is 6.92 Å². The van der Waals surface area contributed by atoms with Crippen molar-refractivity contribution in [2.45, 2.75) is 25.9 Å². The number of benzene rings is 1. The van der Waals surface area contributed by atoms with Gasteiger partial charge in [0.05, 0.1) is 0 Å². The van der Waals surface area contributed by atoms with Crippen LogP contribution in [0.4, 0.5) is 13.2 Å². The van der Waals surface area contributed by atoms with E-state index in [1.807, 2.05) is 4.90 Å². The fourth-order valence-corrected chi connectivity index (χ4v) is 2.57. The highest BCUT2D eigenvalue weighted by atomic mass is 19.2. The zero-order valence-corrected chi connectivity index (χ0v) is 10.3. The van der Waals surface area contributed by atoms with E-state index in [1.54, 1.807) is 0 Å². The first-order chi connectivity index (χ1) is 8.45. The number of likely N-dealkylation sites (tertiary alicyclic amines) is 1. The molecule has 0 aliphatic carbocycles. The molecule has 1 aromatic rings. The number of rotatable bonds is 2. The Labute approximate surface area is 105 Å². The van der Waals surface area contributed by atoms with E-state index in [1.165, 1.54) is 0 Å². The molecule has 0 saturated carbocycles. The first kappa shape index (κ1) is 13.4. The average Bonchev–Trinajstić information content (AvgIpc) is 2.24. The van der Waals surface area contributed by atoms with Crippen molar-refractivity contribution >= 4 is 0 Å². The summed E-state index contributed by atoms with van der Waals surface area (Å²) in [6.45, 7) is 3.80. The van der Waals surface area contributed by atoms with Crippen molar-refractivity contribution in [2.24, 2.45) is 11.7 Å². The number of halogens is 3. The van der Waals surface area contributed by atoms with Crippen molar-refractivity contribution in [3.05, 3.63) is 35.1 Å². The smallest absolute Gasteiger partial charge is 0.161 e. The van der Waals surface area contributed by atoms with Crippen LogP contribution in [0.3, 0.4) is 0 Å². The summed E-state index contributed by atoms with van der Waals surface area (Å²) >= 11 is 0. The highest BCUT2D eigenvalue weighted by Gasteiger charge is 2.23. The van der Waals surface area contributed by atoms with E-state index >= 15 is 0 Å². The topological polar surface area (TPSA) is 29.3 Å². The van der Waals surface area contributed by atoms with E-state index in [0.29, 0.717) is 18.5 Å². The highest BCUT2D eigenvalue weighted by molar-refractivity contribution is 5.20. The first-order valence-corrected chi connectivity index (χ1v) is 6.07. The minimum absolute atomic E-state index is 0.0575. The molecule has 2 rings (SSSR count). The van der Waals surface area contributed by atoms with Crippen molar-refractivity contribution in [1.29, 1.82) is 0 Å². The van der Waals surface area contributed by atoms with Crippen LogP contribution in [-0.2, 0) is 6.54 Å². The Morgan fingerprint density at radius 3 is 2.50 bits per heavy atom. The molecule has 0 aromatic heterocycles. The van der Waals surface area contributed by atoms with Crippen LogP contribution in [0.1, 0.15) is 18.9 Å². The van der Waals surface area contributed by atoms with E-state index < -0.39 is 17.5 Å². The molecule has 1 fully saturated rings. The number of hydrogen-bond acceptors (Lipinski definition) is 2. The van der Waals surface area contributed by atoms with E-state index in [-0.39, 0.29) is 18.2 Å². The fourth-order valence-electron chi connectivity index (χ4n) is 2.57. The van der Waals surface area contributed by atoms with Gasteiger partial charge in [-0.05, 0) is 18.4 Å². The maximum absolute atomic E-state index is 13.5. The van der Waals surface area contributed by atoms with Crippen LogP contribution in [0.2, 0.25) is 0 Å². The van der Waals surface area contributed by atoms with Crippen LogP contribution in [0.25, 0.3) is 0 Å². The lowest BCUT2D eigenvalue weighted by Gasteiger charge is -2.34. The number of nitrogens with zero attached hydrogens (tertiary/aromatic N) is 1. The van der Waals surface area contributed by atoms with Gasteiger partial charge in [-0.25, -0.2) is 13.2 Å². The number of nitrogens with two attached hydrogens (primary N) is 1. The Morgan fingerprint density at radius 1 is 1.17 bits per heavy atom. The van der Waals surface area contributed by atoms with E-state index in [0.717, 1.165) is 19.0 Å². The highest BCUT2D eigenvalue weighted by Crippen LogP contribution is 2.20. The van der Waals surface area contributed by atoms with Gasteiger partial charge in [0, 0.05) is 37.3 Å². The number of piperidine rings is 1. The summed E-state index contributed by atoms with van der Waals surface area (Å²) in [5, 5.41) is 0. The molecule has 2 N–H and O–H groups in total. The molecular formula is C13H17F3N2. The van der Waals surface area contributed by atoms with E-state index in [2.05, 4.69) is 6.92 Å². The monoisotopic (exact) mass is 258 g/mol. The zero-order valence-electron chi connectivity index (χ0n) is 10.3. The third-order valence-electron chi connectivity index (χ3n) is 3.25. The zero-order chi connectivity index (χ0) is 13.3. The maximum Gasteiger partial charge on any atom is 0.161 e. The molecule has 2 nitrogen and oxygen atoms in total. The van der Waals surface area contributed by atoms with Gasteiger partial charge in [-0.15, -0.1) is 0 Å². The molecule has 1 aromatic carbocycles. The van der Waals surface area contributed by atoms with E-state index in [4.69, 9.17) is 5.73 Å². The fraction of sp³-hybridized carbons (Fsp3) is 0.538. The summed E-state index contributed by atoms with van der Waals surface area (Å²) in [5.41, 5.74) is 6.07. The Kier molecular flexibility index (Phi) is 3.92. The number of hydrogen-bond donors (Lipinski definition) is 1. The molecule has 2 atom stereocenters. The minimum Gasteiger partial charge on any atom is -0.327 e. The molecular weight excluding hydrogens is 241 g/mol. The molecule has 2 unspecified atom stereocenters. The summed E-state index contributed by atoms with van der Waals surface area (Å²) in [6.07, 6.45) is 0.941. The van der Waals surface area contributed by atoms with Gasteiger partial charge in [0.1, 0.15) is 5.82 Å². The van der Waals surface area contributed by atoms with Crippen LogP contribution in [-0.4, -0.2) is 24.0 Å². The molecule has 100 valence electrons. The molecule has 18 heavy (non-hydrogen) atoms. The van der Waals surface area contributed by atoms with E-state index in [9.17, 15) is 13.2 Å². The molecule has 1 aliphatic heterocycles.